The van der Waals surface area contributed by atoms with Crippen molar-refractivity contribution in [2.45, 2.75) is 49.6 Å². The Morgan fingerprint density at radius 2 is 1.79 bits per heavy atom. The van der Waals surface area contributed by atoms with Crippen LogP contribution in [0.25, 0.3) is 0 Å². The highest BCUT2D eigenvalue weighted by molar-refractivity contribution is 7.89. The van der Waals surface area contributed by atoms with Gasteiger partial charge in [0.25, 0.3) is 5.91 Å². The van der Waals surface area contributed by atoms with Crippen molar-refractivity contribution in [2.24, 2.45) is 0 Å². The van der Waals surface area contributed by atoms with Crippen LogP contribution in [0.15, 0.2) is 47.4 Å². The fourth-order valence-electron chi connectivity index (χ4n) is 3.29. The maximum atomic E-state index is 14.3. The molecule has 28 heavy (non-hydrogen) atoms. The van der Waals surface area contributed by atoms with Gasteiger partial charge in [-0.25, -0.2) is 17.5 Å². The fraction of sp³-hybridized carbons (Fsp3) is 0.350. The van der Waals surface area contributed by atoms with E-state index in [9.17, 15) is 17.6 Å². The SMILES string of the molecule is CC(C)NS(=O)(=O)c1ccc(F)c(C(=O)NC2(c3ccc(Cl)cc3)CCC2)c1. The van der Waals surface area contributed by atoms with Gasteiger partial charge in [-0.3, -0.25) is 4.79 Å². The van der Waals surface area contributed by atoms with Gasteiger partial charge in [-0.15, -0.1) is 0 Å². The lowest BCUT2D eigenvalue weighted by Crippen LogP contribution is -2.51. The average molecular weight is 425 g/mol. The van der Waals surface area contributed by atoms with Gasteiger partial charge in [0.2, 0.25) is 10.0 Å². The quantitative estimate of drug-likeness (QED) is 0.736. The van der Waals surface area contributed by atoms with Crippen molar-refractivity contribution < 1.29 is 17.6 Å². The minimum absolute atomic E-state index is 0.151. The topological polar surface area (TPSA) is 75.3 Å². The van der Waals surface area contributed by atoms with Crippen molar-refractivity contribution in [3.63, 3.8) is 0 Å². The molecule has 5 nitrogen and oxygen atoms in total. The Morgan fingerprint density at radius 1 is 1.14 bits per heavy atom. The summed E-state index contributed by atoms with van der Waals surface area (Å²) in [6.07, 6.45) is 2.36. The van der Waals surface area contributed by atoms with Crippen molar-refractivity contribution in [1.82, 2.24) is 10.0 Å². The summed E-state index contributed by atoms with van der Waals surface area (Å²) < 4.78 is 41.5. The van der Waals surface area contributed by atoms with Gasteiger partial charge in [-0.05, 0) is 69.0 Å². The third-order valence-electron chi connectivity index (χ3n) is 4.84. The van der Waals surface area contributed by atoms with Crippen LogP contribution in [0.4, 0.5) is 4.39 Å². The number of carbonyl (C=O) groups is 1. The number of benzene rings is 2. The summed E-state index contributed by atoms with van der Waals surface area (Å²) >= 11 is 5.94. The summed E-state index contributed by atoms with van der Waals surface area (Å²) in [4.78, 5) is 12.7. The van der Waals surface area contributed by atoms with E-state index in [-0.39, 0.29) is 16.5 Å². The third-order valence-corrected chi connectivity index (χ3v) is 6.75. The van der Waals surface area contributed by atoms with Crippen LogP contribution in [0.3, 0.4) is 0 Å². The molecule has 1 aliphatic rings. The highest BCUT2D eigenvalue weighted by Crippen LogP contribution is 2.41. The van der Waals surface area contributed by atoms with Gasteiger partial charge in [-0.2, -0.15) is 0 Å². The van der Waals surface area contributed by atoms with Crippen molar-refractivity contribution >= 4 is 27.5 Å². The van der Waals surface area contributed by atoms with Gasteiger partial charge in [0, 0.05) is 11.1 Å². The third kappa shape index (κ3) is 4.21. The predicted octanol–water partition coefficient (Wildman–Crippen LogP) is 3.98. The second-order valence-corrected chi connectivity index (χ2v) is 9.46. The molecule has 0 bridgehead atoms. The number of halogens is 2. The van der Waals surface area contributed by atoms with E-state index in [4.69, 9.17) is 11.6 Å². The van der Waals surface area contributed by atoms with E-state index in [0.29, 0.717) is 5.02 Å². The number of rotatable bonds is 6. The molecule has 0 spiro atoms. The zero-order chi connectivity index (χ0) is 20.5. The molecule has 0 atom stereocenters. The zero-order valence-electron chi connectivity index (χ0n) is 15.6. The zero-order valence-corrected chi connectivity index (χ0v) is 17.2. The average Bonchev–Trinajstić information content (AvgIpc) is 2.58. The molecule has 3 rings (SSSR count). The highest BCUT2D eigenvalue weighted by atomic mass is 35.5. The normalized spacial score (nSPS) is 15.9. The fourth-order valence-corrected chi connectivity index (χ4v) is 4.70. The van der Waals surface area contributed by atoms with Crippen molar-refractivity contribution in [3.8, 4) is 0 Å². The molecular formula is C20H22ClFN2O3S. The molecule has 0 aromatic heterocycles. The number of nitrogens with one attached hydrogen (secondary N) is 2. The smallest absolute Gasteiger partial charge is 0.254 e. The van der Waals surface area contributed by atoms with Gasteiger partial charge < -0.3 is 5.32 Å². The van der Waals surface area contributed by atoms with Crippen LogP contribution >= 0.6 is 11.6 Å². The van der Waals surface area contributed by atoms with E-state index >= 15 is 0 Å². The maximum absolute atomic E-state index is 14.3. The van der Waals surface area contributed by atoms with Gasteiger partial charge in [0.15, 0.2) is 0 Å². The van der Waals surface area contributed by atoms with Crippen molar-refractivity contribution in [3.05, 3.63) is 64.4 Å². The molecule has 2 aromatic rings. The van der Waals surface area contributed by atoms with Gasteiger partial charge in [0.1, 0.15) is 5.82 Å². The first kappa shape index (κ1) is 20.8. The second-order valence-electron chi connectivity index (χ2n) is 7.31. The van der Waals surface area contributed by atoms with E-state index in [1.165, 1.54) is 0 Å². The first-order valence-corrected chi connectivity index (χ1v) is 10.9. The second kappa shape index (κ2) is 7.81. The molecule has 2 N–H and O–H groups in total. The summed E-state index contributed by atoms with van der Waals surface area (Å²) in [5.41, 5.74) is -0.00635. The number of carbonyl (C=O) groups excluding carboxylic acids is 1. The number of amides is 1. The molecular weight excluding hydrogens is 403 g/mol. The summed E-state index contributed by atoms with van der Waals surface area (Å²) in [7, 11) is -3.84. The summed E-state index contributed by atoms with van der Waals surface area (Å²) in [6.45, 7) is 3.36. The molecule has 8 heteroatoms. The highest BCUT2D eigenvalue weighted by Gasteiger charge is 2.40. The van der Waals surface area contributed by atoms with E-state index < -0.39 is 27.3 Å². The van der Waals surface area contributed by atoms with E-state index in [0.717, 1.165) is 43.0 Å². The van der Waals surface area contributed by atoms with Gasteiger partial charge >= 0.3 is 0 Å². The van der Waals surface area contributed by atoms with Crippen LogP contribution in [0.2, 0.25) is 5.02 Å². The lowest BCUT2D eigenvalue weighted by molar-refractivity contribution is 0.0819. The van der Waals surface area contributed by atoms with Crippen LogP contribution < -0.4 is 10.0 Å². The molecule has 1 aliphatic carbocycles. The van der Waals surface area contributed by atoms with E-state index in [1.807, 2.05) is 12.1 Å². The summed E-state index contributed by atoms with van der Waals surface area (Å²) in [6, 6.07) is 10.1. The molecule has 0 saturated heterocycles. The Kier molecular flexibility index (Phi) is 5.79. The standard InChI is InChI=1S/C20H22ClFN2O3S/c1-13(2)24-28(26,27)16-8-9-18(22)17(12-16)19(25)23-20(10-3-11-20)14-4-6-15(21)7-5-14/h4-9,12-13,24H,3,10-11H2,1-2H3,(H,23,25). The maximum Gasteiger partial charge on any atom is 0.254 e. The molecule has 1 amide bonds. The Hall–Kier alpha value is -1.96. The molecule has 0 aliphatic heterocycles. The molecule has 0 unspecified atom stereocenters. The molecule has 2 aromatic carbocycles. The molecule has 1 fully saturated rings. The van der Waals surface area contributed by atoms with Crippen LogP contribution in [-0.2, 0) is 15.6 Å². The first-order chi connectivity index (χ1) is 13.1. The number of hydrogen-bond acceptors (Lipinski definition) is 3. The Labute approximate surface area is 169 Å². The molecule has 1 saturated carbocycles. The Morgan fingerprint density at radius 3 is 2.32 bits per heavy atom. The van der Waals surface area contributed by atoms with E-state index in [1.54, 1.807) is 26.0 Å². The number of hydrogen-bond donors (Lipinski definition) is 2. The van der Waals surface area contributed by atoms with Gasteiger partial charge in [0.05, 0.1) is 16.0 Å². The van der Waals surface area contributed by atoms with E-state index in [2.05, 4.69) is 10.0 Å². The lowest BCUT2D eigenvalue weighted by atomic mass is 9.71. The van der Waals surface area contributed by atoms with Crippen LogP contribution in [-0.4, -0.2) is 20.4 Å². The van der Waals surface area contributed by atoms with Crippen LogP contribution in [0, 0.1) is 5.82 Å². The largest absolute Gasteiger partial charge is 0.342 e. The molecule has 0 radical (unpaired) electrons. The summed E-state index contributed by atoms with van der Waals surface area (Å²) in [5, 5.41) is 3.49. The summed E-state index contributed by atoms with van der Waals surface area (Å²) in [5.74, 6) is -1.42. The Bertz CT molecular complexity index is 987. The number of sulfonamides is 1. The lowest BCUT2D eigenvalue weighted by Gasteiger charge is -2.43. The minimum atomic E-state index is -3.84. The van der Waals surface area contributed by atoms with Crippen molar-refractivity contribution in [1.29, 1.82) is 0 Å². The Balaban J connectivity index is 1.90. The first-order valence-electron chi connectivity index (χ1n) is 9.03. The molecule has 150 valence electrons. The van der Waals surface area contributed by atoms with Crippen LogP contribution in [0.5, 0.6) is 0 Å². The minimum Gasteiger partial charge on any atom is -0.342 e. The molecule has 0 heterocycles. The van der Waals surface area contributed by atoms with Gasteiger partial charge in [-0.1, -0.05) is 23.7 Å². The van der Waals surface area contributed by atoms with Crippen molar-refractivity contribution in [2.75, 3.05) is 0 Å². The van der Waals surface area contributed by atoms with Crippen LogP contribution in [0.1, 0.15) is 49.0 Å². The predicted molar refractivity (Wildman–Crippen MR) is 106 cm³/mol. The monoisotopic (exact) mass is 424 g/mol.